The lowest BCUT2D eigenvalue weighted by atomic mass is 10.2. The van der Waals surface area contributed by atoms with Gasteiger partial charge in [-0.1, -0.05) is 0 Å². The first-order chi connectivity index (χ1) is 9.26. The Morgan fingerprint density at radius 1 is 1.35 bits per heavy atom. The van der Waals surface area contributed by atoms with E-state index in [1.54, 1.807) is 6.26 Å². The average Bonchev–Trinajstić information content (AvgIpc) is 2.76. The lowest BCUT2D eigenvalue weighted by Crippen LogP contribution is -2.44. The van der Waals surface area contributed by atoms with Crippen molar-refractivity contribution in [2.75, 3.05) is 6.54 Å². The van der Waals surface area contributed by atoms with E-state index in [4.69, 9.17) is 9.15 Å². The van der Waals surface area contributed by atoms with Gasteiger partial charge in [-0.15, -0.1) is 0 Å². The second kappa shape index (κ2) is 7.33. The van der Waals surface area contributed by atoms with Gasteiger partial charge in [0.25, 0.3) is 0 Å². The molecule has 5 heteroatoms. The van der Waals surface area contributed by atoms with Gasteiger partial charge >= 0.3 is 6.09 Å². The van der Waals surface area contributed by atoms with Crippen LogP contribution in [0.4, 0.5) is 4.79 Å². The third-order valence-corrected chi connectivity index (χ3v) is 2.62. The Morgan fingerprint density at radius 2 is 2.05 bits per heavy atom. The van der Waals surface area contributed by atoms with Crippen molar-refractivity contribution in [2.24, 2.45) is 0 Å². The molecule has 5 nitrogen and oxygen atoms in total. The second-order valence-electron chi connectivity index (χ2n) is 6.14. The predicted octanol–water partition coefficient (Wildman–Crippen LogP) is 2.71. The molecule has 1 rings (SSSR count). The molecular formula is C15H26N2O3. The molecule has 0 spiro atoms. The van der Waals surface area contributed by atoms with E-state index in [2.05, 4.69) is 17.6 Å². The Kier molecular flexibility index (Phi) is 6.07. The molecule has 0 aromatic carbocycles. The highest BCUT2D eigenvalue weighted by atomic mass is 16.6. The average molecular weight is 282 g/mol. The van der Waals surface area contributed by atoms with Crippen molar-refractivity contribution >= 4 is 6.09 Å². The van der Waals surface area contributed by atoms with Crippen LogP contribution >= 0.6 is 0 Å². The molecule has 0 fully saturated rings. The Hall–Kier alpha value is -1.49. The van der Waals surface area contributed by atoms with Crippen LogP contribution in [0.1, 0.15) is 40.4 Å². The first-order valence-corrected chi connectivity index (χ1v) is 7.01. The first kappa shape index (κ1) is 16.6. The molecule has 1 aromatic heterocycles. The number of furan rings is 1. The molecule has 0 saturated carbocycles. The number of carbonyl (C=O) groups is 1. The summed E-state index contributed by atoms with van der Waals surface area (Å²) in [4.78, 5) is 11.6. The molecule has 2 atom stereocenters. The van der Waals surface area contributed by atoms with Crippen molar-refractivity contribution in [2.45, 2.75) is 58.7 Å². The van der Waals surface area contributed by atoms with E-state index in [1.165, 1.54) is 0 Å². The van der Waals surface area contributed by atoms with Crippen LogP contribution in [0.5, 0.6) is 0 Å². The SMILES string of the molecule is CC(Cc1ccco1)NCC(C)NC(=O)OC(C)(C)C. The second-order valence-corrected chi connectivity index (χ2v) is 6.14. The lowest BCUT2D eigenvalue weighted by Gasteiger charge is -2.23. The molecule has 0 aliphatic rings. The number of rotatable bonds is 6. The van der Waals surface area contributed by atoms with E-state index in [-0.39, 0.29) is 18.2 Å². The standard InChI is InChI=1S/C15H26N2O3/c1-11(9-13-7-6-8-19-13)16-10-12(2)17-14(18)20-15(3,4)5/h6-8,11-12,16H,9-10H2,1-5H3,(H,17,18). The number of hydrogen-bond donors (Lipinski definition) is 2. The quantitative estimate of drug-likeness (QED) is 0.842. The van der Waals surface area contributed by atoms with Crippen LogP contribution in [0.3, 0.4) is 0 Å². The number of carbonyl (C=O) groups excluding carboxylic acids is 1. The Labute approximate surface area is 121 Å². The Balaban J connectivity index is 2.22. The molecule has 20 heavy (non-hydrogen) atoms. The van der Waals surface area contributed by atoms with Crippen LogP contribution in [0, 0.1) is 0 Å². The maximum absolute atomic E-state index is 11.6. The normalized spacial score (nSPS) is 14.7. The molecule has 1 heterocycles. The summed E-state index contributed by atoms with van der Waals surface area (Å²) in [6.45, 7) is 10.3. The summed E-state index contributed by atoms with van der Waals surface area (Å²) in [5.41, 5.74) is -0.468. The molecule has 114 valence electrons. The fourth-order valence-corrected chi connectivity index (χ4v) is 1.74. The summed E-state index contributed by atoms with van der Waals surface area (Å²) in [5, 5.41) is 6.16. The van der Waals surface area contributed by atoms with Crippen LogP contribution in [0.2, 0.25) is 0 Å². The summed E-state index contributed by atoms with van der Waals surface area (Å²) >= 11 is 0. The molecular weight excluding hydrogens is 256 g/mol. The topological polar surface area (TPSA) is 63.5 Å². The molecule has 1 amide bonds. The summed E-state index contributed by atoms with van der Waals surface area (Å²) in [5.74, 6) is 0.956. The summed E-state index contributed by atoms with van der Waals surface area (Å²) in [6, 6.07) is 4.13. The van der Waals surface area contributed by atoms with Crippen molar-refractivity contribution < 1.29 is 13.9 Å². The highest BCUT2D eigenvalue weighted by molar-refractivity contribution is 5.68. The number of nitrogens with one attached hydrogen (secondary N) is 2. The summed E-state index contributed by atoms with van der Waals surface area (Å²) in [7, 11) is 0. The zero-order chi connectivity index (χ0) is 15.2. The van der Waals surface area contributed by atoms with Crippen molar-refractivity contribution in [1.29, 1.82) is 0 Å². The highest BCUT2D eigenvalue weighted by Gasteiger charge is 2.17. The van der Waals surface area contributed by atoms with Gasteiger partial charge in [-0.3, -0.25) is 0 Å². The van der Waals surface area contributed by atoms with Crippen LogP contribution in [-0.4, -0.2) is 30.3 Å². The largest absolute Gasteiger partial charge is 0.469 e. The van der Waals surface area contributed by atoms with E-state index >= 15 is 0 Å². The summed E-state index contributed by atoms with van der Waals surface area (Å²) < 4.78 is 10.5. The van der Waals surface area contributed by atoms with Crippen LogP contribution < -0.4 is 10.6 Å². The predicted molar refractivity (Wildman–Crippen MR) is 78.7 cm³/mol. The van der Waals surface area contributed by atoms with E-state index in [0.717, 1.165) is 12.2 Å². The van der Waals surface area contributed by atoms with E-state index < -0.39 is 5.60 Å². The zero-order valence-corrected chi connectivity index (χ0v) is 13.0. The van der Waals surface area contributed by atoms with Gasteiger partial charge in [-0.2, -0.15) is 0 Å². The first-order valence-electron chi connectivity index (χ1n) is 7.01. The molecule has 0 saturated heterocycles. The monoisotopic (exact) mass is 282 g/mol. The van der Waals surface area contributed by atoms with Crippen LogP contribution in [-0.2, 0) is 11.2 Å². The van der Waals surface area contributed by atoms with Gasteiger partial charge in [0.2, 0.25) is 0 Å². The molecule has 2 N–H and O–H groups in total. The fraction of sp³-hybridized carbons (Fsp3) is 0.667. The van der Waals surface area contributed by atoms with Crippen LogP contribution in [0.25, 0.3) is 0 Å². The number of amides is 1. The van der Waals surface area contributed by atoms with Gasteiger partial charge in [0.15, 0.2) is 0 Å². The smallest absolute Gasteiger partial charge is 0.407 e. The minimum absolute atomic E-state index is 0.00361. The van der Waals surface area contributed by atoms with Gasteiger partial charge in [0.05, 0.1) is 6.26 Å². The van der Waals surface area contributed by atoms with Gasteiger partial charge in [0, 0.05) is 25.0 Å². The fourth-order valence-electron chi connectivity index (χ4n) is 1.74. The maximum Gasteiger partial charge on any atom is 0.407 e. The van der Waals surface area contributed by atoms with Crippen molar-refractivity contribution in [3.05, 3.63) is 24.2 Å². The van der Waals surface area contributed by atoms with E-state index in [1.807, 2.05) is 39.8 Å². The molecule has 2 unspecified atom stereocenters. The third kappa shape index (κ3) is 7.19. The van der Waals surface area contributed by atoms with Crippen molar-refractivity contribution in [3.8, 4) is 0 Å². The number of hydrogen-bond acceptors (Lipinski definition) is 4. The van der Waals surface area contributed by atoms with Gasteiger partial charge < -0.3 is 19.8 Å². The lowest BCUT2D eigenvalue weighted by molar-refractivity contribution is 0.0507. The minimum Gasteiger partial charge on any atom is -0.469 e. The van der Waals surface area contributed by atoms with Gasteiger partial charge in [-0.25, -0.2) is 4.79 Å². The number of ether oxygens (including phenoxy) is 1. The van der Waals surface area contributed by atoms with E-state index in [9.17, 15) is 4.79 Å². The van der Waals surface area contributed by atoms with Crippen molar-refractivity contribution in [3.63, 3.8) is 0 Å². The molecule has 0 bridgehead atoms. The molecule has 0 aliphatic heterocycles. The van der Waals surface area contributed by atoms with Gasteiger partial charge in [-0.05, 0) is 46.8 Å². The van der Waals surface area contributed by atoms with E-state index in [0.29, 0.717) is 6.54 Å². The Bertz CT molecular complexity index is 396. The summed E-state index contributed by atoms with van der Waals surface area (Å²) in [6.07, 6.45) is 2.12. The Morgan fingerprint density at radius 3 is 2.60 bits per heavy atom. The minimum atomic E-state index is -0.468. The highest BCUT2D eigenvalue weighted by Crippen LogP contribution is 2.07. The zero-order valence-electron chi connectivity index (χ0n) is 13.0. The van der Waals surface area contributed by atoms with Crippen LogP contribution in [0.15, 0.2) is 22.8 Å². The maximum atomic E-state index is 11.6. The van der Waals surface area contributed by atoms with Crippen molar-refractivity contribution in [1.82, 2.24) is 10.6 Å². The van der Waals surface area contributed by atoms with Gasteiger partial charge in [0.1, 0.15) is 11.4 Å². The third-order valence-electron chi connectivity index (χ3n) is 2.62. The molecule has 1 aromatic rings. The number of alkyl carbamates (subject to hydrolysis) is 1. The molecule has 0 radical (unpaired) electrons. The molecule has 0 aliphatic carbocycles.